The van der Waals surface area contributed by atoms with Crippen molar-refractivity contribution in [2.75, 3.05) is 17.5 Å². The standard InChI is InChI=1S/C25H24N4O4S/c1-19-8-11-22(16-20(19)2)29(34(31,32)24-6-4-3-5-7-24)18-25(30)28-27-17-21-9-12-23(13-10-21)33-15-14-26/h3-13,16-17H,15,18H2,1-2H3,(H,28,30)/b27-17-. The van der Waals surface area contributed by atoms with Gasteiger partial charge in [0.1, 0.15) is 18.4 Å². The van der Waals surface area contributed by atoms with E-state index in [1.165, 1.54) is 18.3 Å². The largest absolute Gasteiger partial charge is 0.479 e. The Morgan fingerprint density at radius 2 is 1.76 bits per heavy atom. The van der Waals surface area contributed by atoms with E-state index >= 15 is 0 Å². The van der Waals surface area contributed by atoms with Crippen molar-refractivity contribution in [1.29, 1.82) is 5.26 Å². The van der Waals surface area contributed by atoms with Crippen molar-refractivity contribution in [3.8, 4) is 11.8 Å². The van der Waals surface area contributed by atoms with E-state index in [9.17, 15) is 13.2 Å². The highest BCUT2D eigenvalue weighted by Gasteiger charge is 2.27. The molecule has 0 fully saturated rings. The molecule has 0 heterocycles. The molecule has 0 aromatic heterocycles. The van der Waals surface area contributed by atoms with E-state index in [2.05, 4.69) is 10.5 Å². The second-order valence-electron chi connectivity index (χ2n) is 7.40. The first-order valence-electron chi connectivity index (χ1n) is 10.4. The Morgan fingerprint density at radius 3 is 2.41 bits per heavy atom. The van der Waals surface area contributed by atoms with Crippen LogP contribution in [0.4, 0.5) is 5.69 Å². The van der Waals surface area contributed by atoms with Crippen molar-refractivity contribution < 1.29 is 17.9 Å². The zero-order valence-corrected chi connectivity index (χ0v) is 19.6. The average Bonchev–Trinajstić information content (AvgIpc) is 2.84. The van der Waals surface area contributed by atoms with Gasteiger partial charge in [-0.1, -0.05) is 24.3 Å². The summed E-state index contributed by atoms with van der Waals surface area (Å²) >= 11 is 0. The number of anilines is 1. The molecule has 0 saturated carbocycles. The summed E-state index contributed by atoms with van der Waals surface area (Å²) in [5.74, 6) is -0.0548. The number of ether oxygens (including phenoxy) is 1. The molecule has 9 heteroatoms. The van der Waals surface area contributed by atoms with Gasteiger partial charge in [-0.2, -0.15) is 10.4 Å². The number of aryl methyl sites for hydroxylation is 2. The third-order valence-electron chi connectivity index (χ3n) is 4.98. The summed E-state index contributed by atoms with van der Waals surface area (Å²) in [6.45, 7) is 3.32. The van der Waals surface area contributed by atoms with Gasteiger partial charge in [0.15, 0.2) is 6.61 Å². The van der Waals surface area contributed by atoms with Gasteiger partial charge in [0.2, 0.25) is 0 Å². The number of carbonyl (C=O) groups excluding carboxylic acids is 1. The highest BCUT2D eigenvalue weighted by molar-refractivity contribution is 7.92. The number of nitrogens with one attached hydrogen (secondary N) is 1. The molecule has 0 aliphatic heterocycles. The summed E-state index contributed by atoms with van der Waals surface area (Å²) in [4.78, 5) is 12.7. The maximum absolute atomic E-state index is 13.3. The number of rotatable bonds is 9. The van der Waals surface area contributed by atoms with E-state index in [1.54, 1.807) is 54.6 Å². The predicted octanol–water partition coefficient (Wildman–Crippen LogP) is 3.55. The molecule has 0 aliphatic rings. The molecule has 0 aliphatic carbocycles. The molecule has 174 valence electrons. The minimum atomic E-state index is -3.98. The average molecular weight is 477 g/mol. The summed E-state index contributed by atoms with van der Waals surface area (Å²) < 4.78 is 32.9. The number of hydrogen-bond acceptors (Lipinski definition) is 6. The van der Waals surface area contributed by atoms with Gasteiger partial charge in [0, 0.05) is 0 Å². The van der Waals surface area contributed by atoms with Gasteiger partial charge >= 0.3 is 0 Å². The first-order valence-corrected chi connectivity index (χ1v) is 11.8. The van der Waals surface area contributed by atoms with Crippen LogP contribution in [0.25, 0.3) is 0 Å². The van der Waals surface area contributed by atoms with Crippen molar-refractivity contribution in [3.63, 3.8) is 0 Å². The second-order valence-corrected chi connectivity index (χ2v) is 9.26. The number of carbonyl (C=O) groups is 1. The second kappa shape index (κ2) is 11.1. The Hall–Kier alpha value is -4.16. The lowest BCUT2D eigenvalue weighted by atomic mass is 10.1. The van der Waals surface area contributed by atoms with Crippen LogP contribution < -0.4 is 14.5 Å². The van der Waals surface area contributed by atoms with Crippen LogP contribution in [0, 0.1) is 25.2 Å². The molecular weight excluding hydrogens is 452 g/mol. The summed E-state index contributed by atoms with van der Waals surface area (Å²) in [5, 5.41) is 12.5. The van der Waals surface area contributed by atoms with Crippen LogP contribution in [-0.2, 0) is 14.8 Å². The molecule has 3 aromatic rings. The van der Waals surface area contributed by atoms with Gasteiger partial charge in [0.25, 0.3) is 15.9 Å². The zero-order valence-electron chi connectivity index (χ0n) is 18.8. The van der Waals surface area contributed by atoms with Crippen molar-refractivity contribution in [1.82, 2.24) is 5.43 Å². The fourth-order valence-electron chi connectivity index (χ4n) is 3.03. The summed E-state index contributed by atoms with van der Waals surface area (Å²) in [7, 11) is -3.98. The Kier molecular flexibility index (Phi) is 8.01. The number of hydrogen-bond donors (Lipinski definition) is 1. The molecule has 0 bridgehead atoms. The van der Waals surface area contributed by atoms with Crippen LogP contribution in [0.15, 0.2) is 82.8 Å². The first-order chi connectivity index (χ1) is 16.3. The predicted molar refractivity (Wildman–Crippen MR) is 130 cm³/mol. The third-order valence-corrected chi connectivity index (χ3v) is 6.77. The maximum atomic E-state index is 13.3. The molecule has 3 rings (SSSR count). The third kappa shape index (κ3) is 6.21. The van der Waals surface area contributed by atoms with Gasteiger partial charge in [-0.3, -0.25) is 9.10 Å². The zero-order chi connectivity index (χ0) is 24.6. The van der Waals surface area contributed by atoms with Crippen molar-refractivity contribution in [2.45, 2.75) is 18.7 Å². The van der Waals surface area contributed by atoms with E-state index in [1.807, 2.05) is 26.0 Å². The van der Waals surface area contributed by atoms with Crippen LogP contribution in [0.5, 0.6) is 5.75 Å². The maximum Gasteiger partial charge on any atom is 0.264 e. The molecular formula is C25H24N4O4S. The lowest BCUT2D eigenvalue weighted by Gasteiger charge is -2.24. The van der Waals surface area contributed by atoms with E-state index in [-0.39, 0.29) is 11.5 Å². The molecule has 1 amide bonds. The molecule has 3 aromatic carbocycles. The molecule has 0 radical (unpaired) electrons. The van der Waals surface area contributed by atoms with Crippen LogP contribution in [0.1, 0.15) is 16.7 Å². The van der Waals surface area contributed by atoms with E-state index in [0.717, 1.165) is 15.4 Å². The van der Waals surface area contributed by atoms with Crippen molar-refractivity contribution in [3.05, 3.63) is 89.5 Å². The number of benzene rings is 3. The summed E-state index contributed by atoms with van der Waals surface area (Å²) in [6, 6.07) is 21.9. The Bertz CT molecular complexity index is 1320. The normalized spacial score (nSPS) is 11.1. The number of nitrogens with zero attached hydrogens (tertiary/aromatic N) is 3. The monoisotopic (exact) mass is 476 g/mol. The smallest absolute Gasteiger partial charge is 0.264 e. The Balaban J connectivity index is 1.77. The van der Waals surface area contributed by atoms with Gasteiger partial charge in [0.05, 0.1) is 16.8 Å². The molecule has 0 atom stereocenters. The number of nitriles is 1. The molecule has 1 N–H and O–H groups in total. The molecule has 8 nitrogen and oxygen atoms in total. The SMILES string of the molecule is Cc1ccc(N(CC(=O)N/N=C\c2ccc(OCC#N)cc2)S(=O)(=O)c2ccccc2)cc1C. The van der Waals surface area contributed by atoms with Crippen molar-refractivity contribution >= 4 is 27.8 Å². The number of hydrazone groups is 1. The minimum Gasteiger partial charge on any atom is -0.479 e. The van der Waals surface area contributed by atoms with Crippen LogP contribution in [0.3, 0.4) is 0 Å². The lowest BCUT2D eigenvalue weighted by Crippen LogP contribution is -2.39. The Labute approximate surface area is 199 Å². The van der Waals surface area contributed by atoms with Gasteiger partial charge in [-0.15, -0.1) is 0 Å². The fraction of sp³-hybridized carbons (Fsp3) is 0.160. The van der Waals surface area contributed by atoms with Gasteiger partial charge in [-0.05, 0) is 79.1 Å². The topological polar surface area (TPSA) is 112 Å². The highest BCUT2D eigenvalue weighted by atomic mass is 32.2. The van der Waals surface area contributed by atoms with Crippen LogP contribution >= 0.6 is 0 Å². The molecule has 0 saturated heterocycles. The Morgan fingerprint density at radius 1 is 1.06 bits per heavy atom. The first kappa shape index (κ1) is 24.5. The van der Waals surface area contributed by atoms with Crippen LogP contribution in [0.2, 0.25) is 0 Å². The number of sulfonamides is 1. The summed E-state index contributed by atoms with van der Waals surface area (Å²) in [5.41, 5.74) is 5.38. The highest BCUT2D eigenvalue weighted by Crippen LogP contribution is 2.25. The fourth-order valence-corrected chi connectivity index (χ4v) is 4.46. The molecule has 34 heavy (non-hydrogen) atoms. The quantitative estimate of drug-likeness (QED) is 0.375. The molecule has 0 unspecified atom stereocenters. The minimum absolute atomic E-state index is 0.0492. The number of amides is 1. The van der Waals surface area contributed by atoms with Gasteiger partial charge in [-0.25, -0.2) is 13.8 Å². The van der Waals surface area contributed by atoms with E-state index in [4.69, 9.17) is 10.00 Å². The van der Waals surface area contributed by atoms with Gasteiger partial charge < -0.3 is 4.74 Å². The summed E-state index contributed by atoms with van der Waals surface area (Å²) in [6.07, 6.45) is 1.43. The molecule has 0 spiro atoms. The van der Waals surface area contributed by atoms with Crippen molar-refractivity contribution in [2.24, 2.45) is 5.10 Å². The van der Waals surface area contributed by atoms with E-state index in [0.29, 0.717) is 17.0 Å². The van der Waals surface area contributed by atoms with E-state index < -0.39 is 22.5 Å². The van der Waals surface area contributed by atoms with Crippen LogP contribution in [-0.4, -0.2) is 33.7 Å². The lowest BCUT2D eigenvalue weighted by molar-refractivity contribution is -0.119.